The van der Waals surface area contributed by atoms with Crippen molar-refractivity contribution in [1.29, 1.82) is 0 Å². The lowest BCUT2D eigenvalue weighted by atomic mass is 10.2. The molecule has 0 saturated heterocycles. The van der Waals surface area contributed by atoms with E-state index in [-0.39, 0.29) is 24.4 Å². The summed E-state index contributed by atoms with van der Waals surface area (Å²) in [6.07, 6.45) is 1.24. The van der Waals surface area contributed by atoms with Gasteiger partial charge in [0.2, 0.25) is 0 Å². The summed E-state index contributed by atoms with van der Waals surface area (Å²) in [6, 6.07) is 0. The number of ether oxygens (including phenoxy) is 1. The van der Waals surface area contributed by atoms with Crippen molar-refractivity contribution in [2.24, 2.45) is 4.40 Å². The molecule has 0 radical (unpaired) electrons. The van der Waals surface area contributed by atoms with Crippen LogP contribution in [0.4, 0.5) is 0 Å². The fourth-order valence-electron chi connectivity index (χ4n) is 1.96. The fourth-order valence-corrected chi connectivity index (χ4v) is 3.07. The van der Waals surface area contributed by atoms with Gasteiger partial charge in [0.05, 0.1) is 22.5 Å². The van der Waals surface area contributed by atoms with E-state index in [1.54, 1.807) is 20.8 Å². The molecule has 0 aromatic carbocycles. The molecule has 8 nitrogen and oxygen atoms in total. The Kier molecular flexibility index (Phi) is 4.36. The molecule has 0 fully saturated rings. The van der Waals surface area contributed by atoms with Crippen LogP contribution in [0.25, 0.3) is 0 Å². The van der Waals surface area contributed by atoms with E-state index < -0.39 is 16.2 Å². The molecule has 120 valence electrons. The van der Waals surface area contributed by atoms with Gasteiger partial charge in [-0.2, -0.15) is 8.42 Å². The summed E-state index contributed by atoms with van der Waals surface area (Å²) >= 11 is 0. The molecule has 0 amide bonds. The molecule has 0 N–H and O–H groups in total. The molecule has 22 heavy (non-hydrogen) atoms. The van der Waals surface area contributed by atoms with Crippen molar-refractivity contribution < 1.29 is 22.5 Å². The number of carbonyl (C=O) groups excluding carboxylic acids is 1. The van der Waals surface area contributed by atoms with Crippen LogP contribution >= 0.6 is 0 Å². The first kappa shape index (κ1) is 16.2. The van der Waals surface area contributed by atoms with Gasteiger partial charge in [-0.3, -0.25) is 4.31 Å². The third-order valence-electron chi connectivity index (χ3n) is 3.27. The number of aromatic nitrogens is 1. The average Bonchev–Trinajstić information content (AvgIpc) is 2.74. The smallest absolute Gasteiger partial charge is 0.344 e. The van der Waals surface area contributed by atoms with Gasteiger partial charge >= 0.3 is 16.2 Å². The van der Waals surface area contributed by atoms with Crippen LogP contribution < -0.4 is 0 Å². The molecule has 2 heterocycles. The number of esters is 1. The van der Waals surface area contributed by atoms with Crippen molar-refractivity contribution in [2.45, 2.75) is 34.3 Å². The summed E-state index contributed by atoms with van der Waals surface area (Å²) in [5.41, 5.74) is 1.56. The SMILES string of the molecule is CCN1C=C(C(=O)OCc2c(C)noc2C)C(C)=NS1(=O)=O. The van der Waals surface area contributed by atoms with Gasteiger partial charge in [0.1, 0.15) is 12.4 Å². The summed E-state index contributed by atoms with van der Waals surface area (Å²) in [5.74, 6) is -0.0688. The van der Waals surface area contributed by atoms with Gasteiger partial charge in [0, 0.05) is 12.7 Å². The third-order valence-corrected chi connectivity index (χ3v) is 4.73. The highest BCUT2D eigenvalue weighted by Crippen LogP contribution is 2.19. The molecule has 0 unspecified atom stereocenters. The van der Waals surface area contributed by atoms with Crippen LogP contribution in [0.2, 0.25) is 0 Å². The highest BCUT2D eigenvalue weighted by molar-refractivity contribution is 7.88. The molecule has 0 bridgehead atoms. The fraction of sp³-hybridized carbons (Fsp3) is 0.462. The van der Waals surface area contributed by atoms with Gasteiger partial charge in [0.25, 0.3) is 0 Å². The molecule has 9 heteroatoms. The Morgan fingerprint density at radius 2 is 2.05 bits per heavy atom. The van der Waals surface area contributed by atoms with E-state index in [0.29, 0.717) is 17.0 Å². The normalized spacial score (nSPS) is 17.0. The molecule has 2 rings (SSSR count). The van der Waals surface area contributed by atoms with Crippen molar-refractivity contribution >= 4 is 21.9 Å². The minimum atomic E-state index is -3.75. The van der Waals surface area contributed by atoms with Crippen LogP contribution in [0.1, 0.15) is 30.9 Å². The first-order valence-electron chi connectivity index (χ1n) is 6.65. The van der Waals surface area contributed by atoms with E-state index in [4.69, 9.17) is 9.26 Å². The van der Waals surface area contributed by atoms with Crippen molar-refractivity contribution in [2.75, 3.05) is 6.54 Å². The van der Waals surface area contributed by atoms with Crippen LogP contribution in [0.3, 0.4) is 0 Å². The van der Waals surface area contributed by atoms with E-state index >= 15 is 0 Å². The summed E-state index contributed by atoms with van der Waals surface area (Å²) in [7, 11) is -3.75. The molecule has 0 atom stereocenters. The Labute approximate surface area is 128 Å². The molecule has 1 aromatic heterocycles. The second-order valence-electron chi connectivity index (χ2n) is 4.78. The zero-order chi connectivity index (χ0) is 16.5. The van der Waals surface area contributed by atoms with E-state index in [0.717, 1.165) is 4.31 Å². The van der Waals surface area contributed by atoms with Crippen molar-refractivity contribution in [3.8, 4) is 0 Å². The van der Waals surface area contributed by atoms with Crippen molar-refractivity contribution in [1.82, 2.24) is 9.46 Å². The number of carbonyl (C=O) groups is 1. The van der Waals surface area contributed by atoms with Crippen molar-refractivity contribution in [3.05, 3.63) is 28.8 Å². The van der Waals surface area contributed by atoms with Gasteiger partial charge in [-0.25, -0.2) is 4.79 Å². The summed E-state index contributed by atoms with van der Waals surface area (Å²) in [6.45, 7) is 6.76. The van der Waals surface area contributed by atoms with E-state index in [2.05, 4.69) is 9.55 Å². The van der Waals surface area contributed by atoms with Crippen LogP contribution in [-0.2, 0) is 26.3 Å². The van der Waals surface area contributed by atoms with Crippen LogP contribution in [0.15, 0.2) is 20.7 Å². The Bertz CT molecular complexity index is 741. The summed E-state index contributed by atoms with van der Waals surface area (Å²) in [4.78, 5) is 12.2. The second kappa shape index (κ2) is 5.91. The largest absolute Gasteiger partial charge is 0.457 e. The van der Waals surface area contributed by atoms with Crippen LogP contribution in [0.5, 0.6) is 0 Å². The quantitative estimate of drug-likeness (QED) is 0.771. The highest BCUT2D eigenvalue weighted by Gasteiger charge is 2.28. The number of rotatable bonds is 4. The summed E-state index contributed by atoms with van der Waals surface area (Å²) < 4.78 is 38.2. The lowest BCUT2D eigenvalue weighted by molar-refractivity contribution is -0.139. The molecule has 0 saturated carbocycles. The molecule has 0 aliphatic carbocycles. The molecule has 1 aliphatic heterocycles. The molecular weight excluding hydrogens is 310 g/mol. The van der Waals surface area contributed by atoms with Gasteiger partial charge in [-0.15, -0.1) is 4.40 Å². The van der Waals surface area contributed by atoms with Crippen LogP contribution in [0, 0.1) is 13.8 Å². The van der Waals surface area contributed by atoms with Gasteiger partial charge < -0.3 is 9.26 Å². The standard InChI is InChI=1S/C13H17N3O5S/c1-5-16-6-11(9(3)15-22(16,18)19)13(17)20-7-12-8(2)14-21-10(12)4/h6H,5,7H2,1-4H3. The first-order valence-corrected chi connectivity index (χ1v) is 8.05. The van der Waals surface area contributed by atoms with E-state index in [1.165, 1.54) is 13.1 Å². The van der Waals surface area contributed by atoms with Gasteiger partial charge in [-0.1, -0.05) is 5.16 Å². The maximum Gasteiger partial charge on any atom is 0.344 e. The lowest BCUT2D eigenvalue weighted by Gasteiger charge is -2.21. The molecule has 0 spiro atoms. The zero-order valence-electron chi connectivity index (χ0n) is 12.8. The van der Waals surface area contributed by atoms with E-state index in [1.807, 2.05) is 0 Å². The average molecular weight is 327 g/mol. The van der Waals surface area contributed by atoms with Crippen LogP contribution in [-0.4, -0.2) is 36.1 Å². The maximum atomic E-state index is 12.2. The van der Waals surface area contributed by atoms with E-state index in [9.17, 15) is 13.2 Å². The molecular formula is C13H17N3O5S. The Morgan fingerprint density at radius 1 is 1.36 bits per heavy atom. The molecule has 1 aliphatic rings. The maximum absolute atomic E-state index is 12.2. The topological polar surface area (TPSA) is 102 Å². The van der Waals surface area contributed by atoms with Crippen molar-refractivity contribution in [3.63, 3.8) is 0 Å². The predicted molar refractivity (Wildman–Crippen MR) is 78.3 cm³/mol. The highest BCUT2D eigenvalue weighted by atomic mass is 32.2. The number of hydrogen-bond acceptors (Lipinski definition) is 6. The van der Waals surface area contributed by atoms with Gasteiger partial charge in [-0.05, 0) is 27.7 Å². The summed E-state index contributed by atoms with van der Waals surface area (Å²) in [5, 5.41) is 3.77. The first-order chi connectivity index (χ1) is 10.3. The Hall–Kier alpha value is -2.16. The van der Waals surface area contributed by atoms with Gasteiger partial charge in [0.15, 0.2) is 0 Å². The second-order valence-corrected chi connectivity index (χ2v) is 6.33. The minimum absolute atomic E-state index is 0.00347. The monoisotopic (exact) mass is 327 g/mol. The number of nitrogens with zero attached hydrogens (tertiary/aromatic N) is 3. The number of aryl methyl sites for hydroxylation is 2. The third kappa shape index (κ3) is 3.03. The minimum Gasteiger partial charge on any atom is -0.457 e. The predicted octanol–water partition coefficient (Wildman–Crippen LogP) is 1.26. The molecule has 1 aromatic rings. The zero-order valence-corrected chi connectivity index (χ0v) is 13.6. The lowest BCUT2D eigenvalue weighted by Crippen LogP contribution is -2.31. The Morgan fingerprint density at radius 3 is 2.59 bits per heavy atom. The Balaban J connectivity index is 2.16. The number of hydrogen-bond donors (Lipinski definition) is 0.